The molecule has 0 spiro atoms. The molecule has 2 aromatic carbocycles. The van der Waals surface area contributed by atoms with Crippen LogP contribution in [0.1, 0.15) is 15.9 Å². The van der Waals surface area contributed by atoms with Crippen molar-refractivity contribution in [2.24, 2.45) is 0 Å². The lowest BCUT2D eigenvalue weighted by Gasteiger charge is -2.20. The van der Waals surface area contributed by atoms with E-state index in [1.165, 1.54) is 40.8 Å². The fourth-order valence-electron chi connectivity index (χ4n) is 3.21. The Labute approximate surface area is 148 Å². The van der Waals surface area contributed by atoms with Crippen molar-refractivity contribution >= 4 is 32.6 Å². The molecule has 8 heteroatoms. The summed E-state index contributed by atoms with van der Waals surface area (Å²) < 4.78 is 41.6. The Morgan fingerprint density at radius 2 is 2.00 bits per heavy atom. The number of nitrogens with zero attached hydrogens (tertiary/aromatic N) is 2. The zero-order chi connectivity index (χ0) is 18.5. The fourth-order valence-corrected chi connectivity index (χ4v) is 4.90. The highest BCUT2D eigenvalue weighted by Gasteiger charge is 2.32. The van der Waals surface area contributed by atoms with Crippen LogP contribution in [0.2, 0.25) is 0 Å². The Balaban J connectivity index is 1.86. The van der Waals surface area contributed by atoms with Crippen LogP contribution in [0.25, 0.3) is 10.9 Å². The first-order valence-corrected chi connectivity index (χ1v) is 9.26. The minimum absolute atomic E-state index is 0.00535. The lowest BCUT2D eigenvalue weighted by molar-refractivity contribution is 0.0697. The third-order valence-electron chi connectivity index (χ3n) is 4.43. The number of sulfonamides is 1. The van der Waals surface area contributed by atoms with Crippen LogP contribution < -0.4 is 4.31 Å². The third-order valence-corrected chi connectivity index (χ3v) is 6.30. The van der Waals surface area contributed by atoms with E-state index in [4.69, 9.17) is 5.11 Å². The molecule has 0 fully saturated rings. The molecule has 0 saturated carbocycles. The molecule has 0 unspecified atom stereocenters. The molecule has 3 aromatic rings. The van der Waals surface area contributed by atoms with Gasteiger partial charge in [0.1, 0.15) is 11.3 Å². The highest BCUT2D eigenvalue weighted by molar-refractivity contribution is 7.93. The Bertz CT molecular complexity index is 1160. The quantitative estimate of drug-likeness (QED) is 0.764. The molecule has 2 heterocycles. The molecule has 0 bridgehead atoms. The van der Waals surface area contributed by atoms with E-state index in [0.717, 1.165) is 6.07 Å². The van der Waals surface area contributed by atoms with Crippen LogP contribution in [0.3, 0.4) is 0 Å². The van der Waals surface area contributed by atoms with E-state index in [9.17, 15) is 17.6 Å². The summed E-state index contributed by atoms with van der Waals surface area (Å²) in [6.45, 7) is 0.194. The SMILES string of the molecule is O=C(O)c1ccc2c(c1)CCN2S(=O)(=O)c1ccc(F)c2ncccc12. The number of anilines is 1. The number of hydrogen-bond donors (Lipinski definition) is 1. The number of rotatable bonds is 3. The molecule has 1 aliphatic rings. The number of pyridine rings is 1. The molecule has 0 amide bonds. The van der Waals surface area contributed by atoms with Gasteiger partial charge in [0, 0.05) is 18.1 Å². The molecule has 0 aliphatic carbocycles. The van der Waals surface area contributed by atoms with Crippen LogP contribution in [0.15, 0.2) is 53.6 Å². The molecule has 1 aromatic heterocycles. The average molecular weight is 372 g/mol. The van der Waals surface area contributed by atoms with Crippen LogP contribution >= 0.6 is 0 Å². The minimum Gasteiger partial charge on any atom is -0.478 e. The van der Waals surface area contributed by atoms with Crippen LogP contribution in [0.4, 0.5) is 10.1 Å². The van der Waals surface area contributed by atoms with Crippen molar-refractivity contribution in [3.63, 3.8) is 0 Å². The van der Waals surface area contributed by atoms with Crippen molar-refractivity contribution in [1.29, 1.82) is 0 Å². The van der Waals surface area contributed by atoms with Crippen molar-refractivity contribution in [1.82, 2.24) is 4.98 Å². The largest absolute Gasteiger partial charge is 0.478 e. The topological polar surface area (TPSA) is 87.6 Å². The normalized spacial score (nSPS) is 13.8. The van der Waals surface area contributed by atoms with Crippen LogP contribution in [-0.2, 0) is 16.4 Å². The van der Waals surface area contributed by atoms with Gasteiger partial charge < -0.3 is 5.11 Å². The number of benzene rings is 2. The number of aromatic carboxylic acids is 1. The molecular formula is C18H13FN2O4S. The maximum absolute atomic E-state index is 14.0. The molecule has 0 radical (unpaired) electrons. The van der Waals surface area contributed by atoms with Gasteiger partial charge in [-0.25, -0.2) is 17.6 Å². The van der Waals surface area contributed by atoms with Crippen molar-refractivity contribution in [3.8, 4) is 0 Å². The molecule has 6 nitrogen and oxygen atoms in total. The Morgan fingerprint density at radius 1 is 1.19 bits per heavy atom. The zero-order valence-electron chi connectivity index (χ0n) is 13.4. The highest BCUT2D eigenvalue weighted by atomic mass is 32.2. The van der Waals surface area contributed by atoms with Crippen molar-refractivity contribution in [3.05, 3.63) is 65.6 Å². The Morgan fingerprint density at radius 3 is 2.77 bits per heavy atom. The molecule has 1 aliphatic heterocycles. The lowest BCUT2D eigenvalue weighted by Crippen LogP contribution is -2.29. The predicted octanol–water partition coefficient (Wildman–Crippen LogP) is 2.82. The van der Waals surface area contributed by atoms with E-state index in [-0.39, 0.29) is 27.9 Å². The number of aromatic nitrogens is 1. The lowest BCUT2D eigenvalue weighted by atomic mass is 10.1. The van der Waals surface area contributed by atoms with Gasteiger partial charge in [-0.05, 0) is 54.4 Å². The highest BCUT2D eigenvalue weighted by Crippen LogP contribution is 2.35. The number of carboxylic acid groups (broad SMARTS) is 1. The van der Waals surface area contributed by atoms with Crippen molar-refractivity contribution in [2.45, 2.75) is 11.3 Å². The first kappa shape index (κ1) is 16.5. The number of carboxylic acids is 1. The summed E-state index contributed by atoms with van der Waals surface area (Å²) in [5.74, 6) is -1.66. The molecule has 132 valence electrons. The molecule has 0 saturated heterocycles. The number of hydrogen-bond acceptors (Lipinski definition) is 4. The minimum atomic E-state index is -3.95. The van der Waals surface area contributed by atoms with Gasteiger partial charge >= 0.3 is 5.97 Å². The molecule has 1 N–H and O–H groups in total. The fraction of sp³-hybridized carbons (Fsp3) is 0.111. The smallest absolute Gasteiger partial charge is 0.335 e. The standard InChI is InChI=1S/C18H13FN2O4S/c19-14-4-6-16(13-2-1-8-20-17(13)14)26(24,25)21-9-7-11-10-12(18(22)23)3-5-15(11)21/h1-6,8,10H,7,9H2,(H,22,23). The number of carbonyl (C=O) groups is 1. The third kappa shape index (κ3) is 2.41. The van der Waals surface area contributed by atoms with Crippen LogP contribution in [0.5, 0.6) is 0 Å². The summed E-state index contributed by atoms with van der Waals surface area (Å²) in [6.07, 6.45) is 1.81. The molecule has 26 heavy (non-hydrogen) atoms. The van der Waals surface area contributed by atoms with Crippen LogP contribution in [-0.4, -0.2) is 31.0 Å². The summed E-state index contributed by atoms with van der Waals surface area (Å²) in [5.41, 5.74) is 1.20. The van der Waals surface area contributed by atoms with Gasteiger partial charge in [0.05, 0.1) is 16.1 Å². The monoisotopic (exact) mass is 372 g/mol. The van der Waals surface area contributed by atoms with Gasteiger partial charge in [-0.1, -0.05) is 0 Å². The van der Waals surface area contributed by atoms with E-state index in [2.05, 4.69) is 4.98 Å². The molecular weight excluding hydrogens is 359 g/mol. The van der Waals surface area contributed by atoms with Gasteiger partial charge in [0.25, 0.3) is 10.0 Å². The second-order valence-electron chi connectivity index (χ2n) is 5.92. The van der Waals surface area contributed by atoms with Crippen molar-refractivity contribution in [2.75, 3.05) is 10.8 Å². The first-order chi connectivity index (χ1) is 12.4. The van der Waals surface area contributed by atoms with E-state index >= 15 is 0 Å². The molecule has 4 rings (SSSR count). The second-order valence-corrected chi connectivity index (χ2v) is 7.75. The zero-order valence-corrected chi connectivity index (χ0v) is 14.2. The Hall–Kier alpha value is -3.00. The summed E-state index contributed by atoms with van der Waals surface area (Å²) in [6, 6.07) is 9.75. The predicted molar refractivity (Wildman–Crippen MR) is 93.3 cm³/mol. The van der Waals surface area contributed by atoms with Gasteiger partial charge in [-0.3, -0.25) is 9.29 Å². The first-order valence-electron chi connectivity index (χ1n) is 7.82. The van der Waals surface area contributed by atoms with E-state index in [0.29, 0.717) is 17.7 Å². The summed E-state index contributed by atoms with van der Waals surface area (Å²) in [7, 11) is -3.95. The molecule has 0 atom stereocenters. The van der Waals surface area contributed by atoms with Gasteiger partial charge in [0.15, 0.2) is 0 Å². The van der Waals surface area contributed by atoms with Gasteiger partial charge in [-0.2, -0.15) is 0 Å². The van der Waals surface area contributed by atoms with Crippen LogP contribution in [0, 0.1) is 5.82 Å². The average Bonchev–Trinajstić information content (AvgIpc) is 3.06. The van der Waals surface area contributed by atoms with Gasteiger partial charge in [0.2, 0.25) is 0 Å². The summed E-state index contributed by atoms with van der Waals surface area (Å²) >= 11 is 0. The summed E-state index contributed by atoms with van der Waals surface area (Å²) in [5, 5.41) is 9.30. The maximum atomic E-state index is 14.0. The number of halogens is 1. The maximum Gasteiger partial charge on any atom is 0.335 e. The van der Waals surface area contributed by atoms with E-state index < -0.39 is 21.8 Å². The Kier molecular flexibility index (Phi) is 3.66. The van der Waals surface area contributed by atoms with Gasteiger partial charge in [-0.15, -0.1) is 0 Å². The van der Waals surface area contributed by atoms with Crippen molar-refractivity contribution < 1.29 is 22.7 Å². The number of fused-ring (bicyclic) bond motifs is 2. The second kappa shape index (κ2) is 5.77. The van der Waals surface area contributed by atoms with E-state index in [1.54, 1.807) is 6.07 Å². The van der Waals surface area contributed by atoms with E-state index in [1.807, 2.05) is 0 Å². The summed E-state index contributed by atoms with van der Waals surface area (Å²) in [4.78, 5) is 15.0.